The molecule has 0 bridgehead atoms. The van der Waals surface area contributed by atoms with E-state index >= 15 is 0 Å². The molecule has 4 nitrogen and oxygen atoms in total. The van der Waals surface area contributed by atoms with Crippen LogP contribution in [0.1, 0.15) is 37.6 Å². The van der Waals surface area contributed by atoms with E-state index in [0.717, 1.165) is 49.5 Å². The molecule has 1 amide bonds. The minimum Gasteiger partial charge on any atom is -0.494 e. The van der Waals surface area contributed by atoms with Crippen LogP contribution in [0.25, 0.3) is 11.1 Å². The Morgan fingerprint density at radius 3 is 2.38 bits per heavy atom. The Hall–Kier alpha value is -2.33. The Morgan fingerprint density at radius 2 is 1.73 bits per heavy atom. The molecular weight excluding hydrogens is 324 g/mol. The molecule has 0 saturated heterocycles. The topological polar surface area (TPSA) is 41.6 Å². The van der Waals surface area contributed by atoms with Crippen LogP contribution in [-0.4, -0.2) is 43.6 Å². The summed E-state index contributed by atoms with van der Waals surface area (Å²) >= 11 is 0. The molecule has 140 valence electrons. The van der Waals surface area contributed by atoms with Gasteiger partial charge in [-0.2, -0.15) is 0 Å². The van der Waals surface area contributed by atoms with Crippen LogP contribution < -0.4 is 10.1 Å². The van der Waals surface area contributed by atoms with Crippen LogP contribution in [0.5, 0.6) is 5.75 Å². The zero-order valence-corrected chi connectivity index (χ0v) is 16.1. The van der Waals surface area contributed by atoms with E-state index in [4.69, 9.17) is 4.74 Å². The van der Waals surface area contributed by atoms with Gasteiger partial charge in [-0.25, -0.2) is 0 Å². The van der Waals surface area contributed by atoms with Crippen molar-refractivity contribution >= 4 is 5.91 Å². The summed E-state index contributed by atoms with van der Waals surface area (Å²) in [5.74, 6) is 0.850. The average Bonchev–Trinajstić information content (AvgIpc) is 2.70. The third kappa shape index (κ3) is 5.88. The van der Waals surface area contributed by atoms with Crippen molar-refractivity contribution in [1.29, 1.82) is 0 Å². The molecule has 0 atom stereocenters. The largest absolute Gasteiger partial charge is 0.494 e. The highest BCUT2D eigenvalue weighted by molar-refractivity contribution is 5.95. The summed E-state index contributed by atoms with van der Waals surface area (Å²) in [6.45, 7) is 10.6. The molecule has 2 rings (SSSR count). The van der Waals surface area contributed by atoms with E-state index in [1.165, 1.54) is 0 Å². The van der Waals surface area contributed by atoms with Gasteiger partial charge < -0.3 is 15.0 Å². The zero-order valence-electron chi connectivity index (χ0n) is 16.1. The predicted octanol–water partition coefficient (Wildman–Crippen LogP) is 4.21. The molecule has 4 heteroatoms. The van der Waals surface area contributed by atoms with Gasteiger partial charge in [0, 0.05) is 18.7 Å². The minimum atomic E-state index is -0.0260. The first-order valence-corrected chi connectivity index (χ1v) is 9.51. The molecule has 0 heterocycles. The number of amides is 1. The highest BCUT2D eigenvalue weighted by Gasteiger charge is 2.08. The van der Waals surface area contributed by atoms with Gasteiger partial charge in [-0.3, -0.25) is 4.79 Å². The first-order chi connectivity index (χ1) is 12.7. The maximum atomic E-state index is 12.4. The average molecular weight is 354 g/mol. The van der Waals surface area contributed by atoms with Crippen molar-refractivity contribution in [2.24, 2.45) is 0 Å². The number of nitrogens with one attached hydrogen (secondary N) is 1. The van der Waals surface area contributed by atoms with Gasteiger partial charge in [0.2, 0.25) is 0 Å². The second-order valence-electron chi connectivity index (χ2n) is 6.24. The molecule has 0 fully saturated rings. The van der Waals surface area contributed by atoms with Gasteiger partial charge in [-0.1, -0.05) is 45.0 Å². The molecule has 0 saturated carbocycles. The Labute approximate surface area is 157 Å². The van der Waals surface area contributed by atoms with Crippen molar-refractivity contribution in [3.8, 4) is 16.9 Å². The van der Waals surface area contributed by atoms with Crippen molar-refractivity contribution in [2.45, 2.75) is 27.2 Å². The van der Waals surface area contributed by atoms with E-state index in [2.05, 4.69) is 31.0 Å². The molecule has 0 aliphatic rings. The Kier molecular flexibility index (Phi) is 8.16. The van der Waals surface area contributed by atoms with Crippen molar-refractivity contribution in [3.05, 3.63) is 54.1 Å². The summed E-state index contributed by atoms with van der Waals surface area (Å²) in [5, 5.41) is 3.01. The fourth-order valence-electron chi connectivity index (χ4n) is 2.77. The summed E-state index contributed by atoms with van der Waals surface area (Å²) in [4.78, 5) is 14.7. The van der Waals surface area contributed by atoms with Gasteiger partial charge in [0.25, 0.3) is 5.91 Å². The van der Waals surface area contributed by atoms with Crippen LogP contribution in [0.15, 0.2) is 48.5 Å². The van der Waals surface area contributed by atoms with E-state index in [1.54, 1.807) is 0 Å². The van der Waals surface area contributed by atoms with Crippen LogP contribution >= 0.6 is 0 Å². The first kappa shape index (κ1) is 20.0. The van der Waals surface area contributed by atoms with Crippen LogP contribution in [0.2, 0.25) is 0 Å². The van der Waals surface area contributed by atoms with Gasteiger partial charge in [0.05, 0.1) is 6.61 Å². The molecule has 0 spiro atoms. The summed E-state index contributed by atoms with van der Waals surface area (Å²) in [6.07, 6.45) is 0.993. The van der Waals surface area contributed by atoms with Crippen LogP contribution in [-0.2, 0) is 0 Å². The van der Waals surface area contributed by atoms with Gasteiger partial charge >= 0.3 is 0 Å². The van der Waals surface area contributed by atoms with Crippen molar-refractivity contribution in [2.75, 3.05) is 32.8 Å². The maximum absolute atomic E-state index is 12.4. The Bertz CT molecular complexity index is 679. The molecule has 0 unspecified atom stereocenters. The number of rotatable bonds is 10. The molecule has 26 heavy (non-hydrogen) atoms. The summed E-state index contributed by atoms with van der Waals surface area (Å²) in [5.41, 5.74) is 2.79. The fourth-order valence-corrected chi connectivity index (χ4v) is 2.77. The number of benzene rings is 2. The quantitative estimate of drug-likeness (QED) is 0.695. The van der Waals surface area contributed by atoms with Crippen molar-refractivity contribution in [1.82, 2.24) is 10.2 Å². The molecule has 2 aromatic carbocycles. The van der Waals surface area contributed by atoms with Crippen LogP contribution in [0.4, 0.5) is 0 Å². The number of nitrogens with zero attached hydrogens (tertiary/aromatic N) is 1. The molecule has 0 aliphatic heterocycles. The monoisotopic (exact) mass is 354 g/mol. The third-order valence-electron chi connectivity index (χ3n) is 4.39. The maximum Gasteiger partial charge on any atom is 0.251 e. The number of carbonyl (C=O) groups is 1. The summed E-state index contributed by atoms with van der Waals surface area (Å²) in [7, 11) is 0. The standard InChI is InChI=1S/C22H30N2O2/c1-4-16-26-21-12-10-18(11-13-21)19-8-7-9-20(17-19)22(25)23-14-15-24(5-2)6-3/h7-13,17H,4-6,14-16H2,1-3H3,(H,23,25). The van der Waals surface area contributed by atoms with Gasteiger partial charge in [-0.05, 0) is 54.9 Å². The fraction of sp³-hybridized carbons (Fsp3) is 0.409. The van der Waals surface area contributed by atoms with Gasteiger partial charge in [0.1, 0.15) is 5.75 Å². The zero-order chi connectivity index (χ0) is 18.8. The van der Waals surface area contributed by atoms with Crippen LogP contribution in [0, 0.1) is 0 Å². The Balaban J connectivity index is 1.99. The molecular formula is C22H30N2O2. The molecule has 0 aromatic heterocycles. The Morgan fingerprint density at radius 1 is 1.00 bits per heavy atom. The number of hydrogen-bond acceptors (Lipinski definition) is 3. The lowest BCUT2D eigenvalue weighted by molar-refractivity contribution is 0.0949. The lowest BCUT2D eigenvalue weighted by Gasteiger charge is -2.18. The number of carbonyl (C=O) groups excluding carboxylic acids is 1. The summed E-state index contributed by atoms with van der Waals surface area (Å²) < 4.78 is 5.62. The lowest BCUT2D eigenvalue weighted by atomic mass is 10.0. The van der Waals surface area contributed by atoms with Crippen molar-refractivity contribution in [3.63, 3.8) is 0 Å². The van der Waals surface area contributed by atoms with E-state index in [-0.39, 0.29) is 5.91 Å². The molecule has 0 radical (unpaired) electrons. The van der Waals surface area contributed by atoms with E-state index in [9.17, 15) is 4.79 Å². The first-order valence-electron chi connectivity index (χ1n) is 9.51. The highest BCUT2D eigenvalue weighted by Crippen LogP contribution is 2.23. The molecule has 0 aliphatic carbocycles. The van der Waals surface area contributed by atoms with Crippen LogP contribution in [0.3, 0.4) is 0 Å². The SMILES string of the molecule is CCCOc1ccc(-c2cccc(C(=O)NCCN(CC)CC)c2)cc1. The lowest BCUT2D eigenvalue weighted by Crippen LogP contribution is -2.34. The molecule has 2 aromatic rings. The predicted molar refractivity (Wildman–Crippen MR) is 108 cm³/mol. The van der Waals surface area contributed by atoms with Gasteiger partial charge in [-0.15, -0.1) is 0 Å². The molecule has 1 N–H and O–H groups in total. The normalized spacial score (nSPS) is 10.8. The highest BCUT2D eigenvalue weighted by atomic mass is 16.5. The number of ether oxygens (including phenoxy) is 1. The number of hydrogen-bond donors (Lipinski definition) is 1. The third-order valence-corrected chi connectivity index (χ3v) is 4.39. The summed E-state index contributed by atoms with van der Waals surface area (Å²) in [6, 6.07) is 15.8. The second kappa shape index (κ2) is 10.6. The van der Waals surface area contributed by atoms with Crippen molar-refractivity contribution < 1.29 is 9.53 Å². The van der Waals surface area contributed by atoms with E-state index in [1.807, 2.05) is 48.5 Å². The minimum absolute atomic E-state index is 0.0260. The van der Waals surface area contributed by atoms with E-state index in [0.29, 0.717) is 12.1 Å². The van der Waals surface area contributed by atoms with E-state index < -0.39 is 0 Å². The second-order valence-corrected chi connectivity index (χ2v) is 6.24. The van der Waals surface area contributed by atoms with Gasteiger partial charge in [0.15, 0.2) is 0 Å². The number of likely N-dealkylation sites (N-methyl/N-ethyl adjacent to an activating group) is 1. The smallest absolute Gasteiger partial charge is 0.251 e.